The zero-order valence-corrected chi connectivity index (χ0v) is 11.0. The van der Waals surface area contributed by atoms with Gasteiger partial charge in [0.05, 0.1) is 23.2 Å². The van der Waals surface area contributed by atoms with Gasteiger partial charge in [0, 0.05) is 13.6 Å². The summed E-state index contributed by atoms with van der Waals surface area (Å²) < 4.78 is 2.05. The zero-order valence-electron chi connectivity index (χ0n) is 11.0. The van der Waals surface area contributed by atoms with Crippen LogP contribution in [0.3, 0.4) is 0 Å². The van der Waals surface area contributed by atoms with Crippen LogP contribution in [0.2, 0.25) is 0 Å². The van der Waals surface area contributed by atoms with Gasteiger partial charge in [0.25, 0.3) is 0 Å². The van der Waals surface area contributed by atoms with Crippen molar-refractivity contribution >= 4 is 11.0 Å². The number of aliphatic hydroxyl groups excluding tert-OH is 1. The van der Waals surface area contributed by atoms with Crippen molar-refractivity contribution in [2.24, 2.45) is 12.8 Å². The molecule has 1 aromatic heterocycles. The number of aryl methyl sites for hydroxylation is 2. The van der Waals surface area contributed by atoms with Gasteiger partial charge in [-0.15, -0.1) is 0 Å². The maximum atomic E-state index is 9.89. The van der Waals surface area contributed by atoms with E-state index in [2.05, 4.69) is 10.3 Å². The highest BCUT2D eigenvalue weighted by Crippen LogP contribution is 2.22. The molecule has 0 aliphatic rings. The number of nitrogens with zero attached hydrogens (tertiary/aromatic N) is 2. The SMILES string of the molecule is CNC(c1ccc2c(c1)nc(C)n2C)C(O)CN. The van der Waals surface area contributed by atoms with Gasteiger partial charge in [0.1, 0.15) is 5.82 Å². The smallest absolute Gasteiger partial charge is 0.106 e. The largest absolute Gasteiger partial charge is 0.390 e. The van der Waals surface area contributed by atoms with Crippen molar-refractivity contribution in [1.82, 2.24) is 14.9 Å². The molecule has 4 N–H and O–H groups in total. The van der Waals surface area contributed by atoms with Gasteiger partial charge in [-0.2, -0.15) is 0 Å². The van der Waals surface area contributed by atoms with Crippen molar-refractivity contribution < 1.29 is 5.11 Å². The summed E-state index contributed by atoms with van der Waals surface area (Å²) in [7, 11) is 3.81. The summed E-state index contributed by atoms with van der Waals surface area (Å²) in [6, 6.07) is 5.87. The summed E-state index contributed by atoms with van der Waals surface area (Å²) in [5.74, 6) is 0.975. The average molecular weight is 248 g/mol. The number of rotatable bonds is 4. The number of fused-ring (bicyclic) bond motifs is 1. The first-order chi connectivity index (χ1) is 8.58. The van der Waals surface area contributed by atoms with E-state index in [1.807, 2.05) is 43.8 Å². The second-order valence-electron chi connectivity index (χ2n) is 4.54. The van der Waals surface area contributed by atoms with Crippen LogP contribution in [0.1, 0.15) is 17.4 Å². The lowest BCUT2D eigenvalue weighted by Crippen LogP contribution is -2.34. The zero-order chi connectivity index (χ0) is 13.3. The number of aromatic nitrogens is 2. The summed E-state index contributed by atoms with van der Waals surface area (Å²) in [5.41, 5.74) is 8.55. The number of nitrogens with one attached hydrogen (secondary N) is 1. The van der Waals surface area contributed by atoms with E-state index in [9.17, 15) is 5.11 Å². The van der Waals surface area contributed by atoms with Crippen LogP contribution in [-0.2, 0) is 7.05 Å². The van der Waals surface area contributed by atoms with Crippen LogP contribution in [0.25, 0.3) is 11.0 Å². The Balaban J connectivity index is 2.46. The molecule has 1 aromatic carbocycles. The maximum absolute atomic E-state index is 9.89. The molecule has 0 fully saturated rings. The van der Waals surface area contributed by atoms with Crippen LogP contribution in [0.15, 0.2) is 18.2 Å². The first-order valence-corrected chi connectivity index (χ1v) is 6.07. The molecule has 0 saturated heterocycles. The number of nitrogens with two attached hydrogens (primary N) is 1. The molecular formula is C13H20N4O. The fourth-order valence-corrected chi connectivity index (χ4v) is 2.25. The molecule has 1 heterocycles. The minimum Gasteiger partial charge on any atom is -0.390 e. The molecule has 98 valence electrons. The molecule has 2 rings (SSSR count). The monoisotopic (exact) mass is 248 g/mol. The Bertz CT molecular complexity index is 549. The molecule has 18 heavy (non-hydrogen) atoms. The molecule has 0 aliphatic carbocycles. The molecule has 5 nitrogen and oxygen atoms in total. The first-order valence-electron chi connectivity index (χ1n) is 6.07. The first kappa shape index (κ1) is 13.0. The molecule has 0 saturated carbocycles. The second kappa shape index (κ2) is 5.06. The van der Waals surface area contributed by atoms with Crippen LogP contribution in [-0.4, -0.2) is 34.4 Å². The van der Waals surface area contributed by atoms with Crippen molar-refractivity contribution in [3.63, 3.8) is 0 Å². The van der Waals surface area contributed by atoms with Crippen molar-refractivity contribution in [3.05, 3.63) is 29.6 Å². The molecule has 2 aromatic rings. The standard InChI is InChI=1S/C13H20N4O/c1-8-16-10-6-9(4-5-11(10)17(8)3)13(15-2)12(18)7-14/h4-6,12-13,15,18H,7,14H2,1-3H3. The Morgan fingerprint density at radius 3 is 2.83 bits per heavy atom. The minimum absolute atomic E-state index is 0.165. The summed E-state index contributed by atoms with van der Waals surface area (Å²) in [6.45, 7) is 2.20. The Labute approximate surface area is 107 Å². The highest BCUT2D eigenvalue weighted by atomic mass is 16.3. The Hall–Kier alpha value is -1.43. The fraction of sp³-hybridized carbons (Fsp3) is 0.462. The highest BCUT2D eigenvalue weighted by molar-refractivity contribution is 5.77. The molecule has 2 atom stereocenters. The lowest BCUT2D eigenvalue weighted by Gasteiger charge is -2.21. The second-order valence-corrected chi connectivity index (χ2v) is 4.54. The van der Waals surface area contributed by atoms with E-state index < -0.39 is 6.10 Å². The van der Waals surface area contributed by atoms with Crippen molar-refractivity contribution in [1.29, 1.82) is 0 Å². The van der Waals surface area contributed by atoms with Gasteiger partial charge in [-0.1, -0.05) is 6.07 Å². The van der Waals surface area contributed by atoms with Gasteiger partial charge >= 0.3 is 0 Å². The highest BCUT2D eigenvalue weighted by Gasteiger charge is 2.18. The number of hydrogen-bond acceptors (Lipinski definition) is 4. The molecule has 0 amide bonds. The van der Waals surface area contributed by atoms with E-state index >= 15 is 0 Å². The van der Waals surface area contributed by atoms with Crippen molar-refractivity contribution in [3.8, 4) is 0 Å². The van der Waals surface area contributed by atoms with E-state index in [4.69, 9.17) is 5.73 Å². The fourth-order valence-electron chi connectivity index (χ4n) is 2.25. The van der Waals surface area contributed by atoms with Crippen LogP contribution in [0.4, 0.5) is 0 Å². The molecular weight excluding hydrogens is 228 g/mol. The van der Waals surface area contributed by atoms with E-state index in [-0.39, 0.29) is 12.6 Å². The number of hydrogen-bond donors (Lipinski definition) is 3. The van der Waals surface area contributed by atoms with Crippen molar-refractivity contribution in [2.75, 3.05) is 13.6 Å². The van der Waals surface area contributed by atoms with Gasteiger partial charge < -0.3 is 20.7 Å². The van der Waals surface area contributed by atoms with Crippen LogP contribution >= 0.6 is 0 Å². The molecule has 0 aliphatic heterocycles. The number of benzene rings is 1. The third-order valence-corrected chi connectivity index (χ3v) is 3.42. The topological polar surface area (TPSA) is 76.1 Å². The summed E-state index contributed by atoms with van der Waals surface area (Å²) in [5, 5.41) is 13.0. The lowest BCUT2D eigenvalue weighted by molar-refractivity contribution is 0.139. The van der Waals surface area contributed by atoms with Gasteiger partial charge in [0.15, 0.2) is 0 Å². The third kappa shape index (κ3) is 2.12. The number of aliphatic hydroxyl groups is 1. The maximum Gasteiger partial charge on any atom is 0.106 e. The molecule has 2 unspecified atom stereocenters. The van der Waals surface area contributed by atoms with E-state index in [0.29, 0.717) is 0 Å². The number of likely N-dealkylation sites (N-methyl/N-ethyl adjacent to an activating group) is 1. The van der Waals surface area contributed by atoms with Gasteiger partial charge in [-0.3, -0.25) is 0 Å². The van der Waals surface area contributed by atoms with E-state index in [0.717, 1.165) is 22.4 Å². The molecule has 5 heteroatoms. The quantitative estimate of drug-likeness (QED) is 0.735. The lowest BCUT2D eigenvalue weighted by atomic mass is 10.0. The van der Waals surface area contributed by atoms with Crippen molar-refractivity contribution in [2.45, 2.75) is 19.1 Å². The molecule has 0 spiro atoms. The third-order valence-electron chi connectivity index (χ3n) is 3.42. The molecule has 0 radical (unpaired) electrons. The van der Waals surface area contributed by atoms with Gasteiger partial charge in [0.2, 0.25) is 0 Å². The predicted molar refractivity (Wildman–Crippen MR) is 72.3 cm³/mol. The van der Waals surface area contributed by atoms with E-state index in [1.165, 1.54) is 0 Å². The average Bonchev–Trinajstić information content (AvgIpc) is 2.65. The Morgan fingerprint density at radius 1 is 1.50 bits per heavy atom. The van der Waals surface area contributed by atoms with Crippen LogP contribution in [0, 0.1) is 6.92 Å². The van der Waals surface area contributed by atoms with Gasteiger partial charge in [-0.05, 0) is 31.7 Å². The predicted octanol–water partition coefficient (Wildman–Crippen LogP) is 0.462. The summed E-state index contributed by atoms with van der Waals surface area (Å²) in [6.07, 6.45) is -0.600. The number of imidazole rings is 1. The minimum atomic E-state index is -0.600. The van der Waals surface area contributed by atoms with Gasteiger partial charge in [-0.25, -0.2) is 4.98 Å². The van der Waals surface area contributed by atoms with Crippen LogP contribution in [0.5, 0.6) is 0 Å². The Morgan fingerprint density at radius 2 is 2.22 bits per heavy atom. The molecule has 0 bridgehead atoms. The summed E-state index contributed by atoms with van der Waals surface area (Å²) in [4.78, 5) is 4.50. The Kier molecular flexibility index (Phi) is 3.65. The van der Waals surface area contributed by atoms with E-state index in [1.54, 1.807) is 0 Å². The van der Waals surface area contributed by atoms with Crippen LogP contribution < -0.4 is 11.1 Å². The normalized spacial score (nSPS) is 14.9. The summed E-state index contributed by atoms with van der Waals surface area (Å²) >= 11 is 0.